The molecule has 2 N–H and O–H groups in total. The number of unbranched alkanes of at least 4 members (excludes halogenated alkanes) is 2. The SMILES string of the molecule is C=C1CC(N(CCCC)c2nc(NCCCO)nc(N(CCCC)C3CC(=C)N(OC4CCCCC4)C(C)(C)C3)n2)CC(=C)N1OC1CCCCC1. The van der Waals surface area contributed by atoms with Gasteiger partial charge in [-0.1, -0.05) is 85.0 Å². The van der Waals surface area contributed by atoms with E-state index in [-0.39, 0.29) is 36.4 Å². The van der Waals surface area contributed by atoms with Crippen molar-refractivity contribution in [2.45, 2.75) is 180 Å². The Morgan fingerprint density at radius 2 is 1.25 bits per heavy atom. The molecule has 0 radical (unpaired) electrons. The number of nitrogens with one attached hydrogen (secondary N) is 1. The Hall–Kier alpha value is -2.89. The van der Waals surface area contributed by atoms with E-state index in [1.54, 1.807) is 0 Å². The standard InChI is InChI=1S/C41H70N8O3/c1-8-10-24-46(34-27-31(3)48(32(4)28-34)51-36-19-14-12-15-20-36)39-43-38(42-23-18-26-50)44-40(45-39)47(25-11-9-2)35-29-33(5)49(41(6,7)30-35)52-37-21-16-13-17-22-37/h34-37,50H,3-5,8-30H2,1-2,6-7H3,(H,42,43,44,45). The van der Waals surface area contributed by atoms with E-state index in [1.807, 2.05) is 5.06 Å². The molecule has 0 spiro atoms. The van der Waals surface area contributed by atoms with Crippen LogP contribution in [0.2, 0.25) is 0 Å². The summed E-state index contributed by atoms with van der Waals surface area (Å²) >= 11 is 0. The second-order valence-corrected chi connectivity index (χ2v) is 16.3. The summed E-state index contributed by atoms with van der Waals surface area (Å²) in [7, 11) is 0. The van der Waals surface area contributed by atoms with E-state index in [1.165, 1.54) is 38.5 Å². The van der Waals surface area contributed by atoms with Gasteiger partial charge in [0, 0.05) is 74.7 Å². The van der Waals surface area contributed by atoms with E-state index in [2.05, 4.69) is 67.6 Å². The highest BCUT2D eigenvalue weighted by Gasteiger charge is 2.42. The minimum Gasteiger partial charge on any atom is -0.396 e. The van der Waals surface area contributed by atoms with Gasteiger partial charge in [0.2, 0.25) is 17.8 Å². The van der Waals surface area contributed by atoms with Crippen LogP contribution in [-0.2, 0) is 9.68 Å². The van der Waals surface area contributed by atoms with Crippen LogP contribution in [0.25, 0.3) is 0 Å². The lowest BCUT2D eigenvalue weighted by molar-refractivity contribution is -0.239. The summed E-state index contributed by atoms with van der Waals surface area (Å²) in [5.41, 5.74) is 2.67. The summed E-state index contributed by atoms with van der Waals surface area (Å²) in [4.78, 5) is 33.4. The second-order valence-electron chi connectivity index (χ2n) is 16.3. The molecule has 5 rings (SSSR count). The maximum absolute atomic E-state index is 9.58. The van der Waals surface area contributed by atoms with Gasteiger partial charge >= 0.3 is 0 Å². The minimum absolute atomic E-state index is 0.0984. The number of anilines is 3. The Morgan fingerprint density at radius 3 is 1.77 bits per heavy atom. The lowest BCUT2D eigenvalue weighted by Gasteiger charge is -2.50. The number of aliphatic hydroxyl groups is 1. The number of piperidine rings is 2. The normalized spacial score (nSPS) is 22.2. The van der Waals surface area contributed by atoms with Crippen molar-refractivity contribution in [3.63, 3.8) is 0 Å². The Morgan fingerprint density at radius 1 is 0.731 bits per heavy atom. The van der Waals surface area contributed by atoms with Crippen LogP contribution in [0.3, 0.4) is 0 Å². The summed E-state index contributed by atoms with van der Waals surface area (Å²) < 4.78 is 0. The summed E-state index contributed by atoms with van der Waals surface area (Å²) in [6, 6.07) is 0.255. The van der Waals surface area contributed by atoms with Crippen LogP contribution in [0.1, 0.15) is 150 Å². The third kappa shape index (κ3) is 10.6. The van der Waals surface area contributed by atoms with Crippen molar-refractivity contribution in [1.82, 2.24) is 25.1 Å². The van der Waals surface area contributed by atoms with Gasteiger partial charge in [-0.25, -0.2) is 5.06 Å². The number of aromatic nitrogens is 3. The van der Waals surface area contributed by atoms with Gasteiger partial charge in [-0.15, -0.1) is 0 Å². The lowest BCUT2D eigenvalue weighted by atomic mass is 9.86. The summed E-state index contributed by atoms with van der Waals surface area (Å²) in [5, 5.41) is 17.1. The highest BCUT2D eigenvalue weighted by molar-refractivity contribution is 5.48. The molecule has 11 heteroatoms. The summed E-state index contributed by atoms with van der Waals surface area (Å²) in [6.07, 6.45) is 20.4. The quantitative estimate of drug-likeness (QED) is 0.142. The maximum atomic E-state index is 9.58. The zero-order valence-corrected chi connectivity index (χ0v) is 33.1. The van der Waals surface area contributed by atoms with Crippen LogP contribution >= 0.6 is 0 Å². The molecular weight excluding hydrogens is 653 g/mol. The first-order valence-electron chi connectivity index (χ1n) is 20.7. The predicted molar refractivity (Wildman–Crippen MR) is 212 cm³/mol. The van der Waals surface area contributed by atoms with Gasteiger partial charge < -0.3 is 20.2 Å². The van der Waals surface area contributed by atoms with Gasteiger partial charge in [-0.2, -0.15) is 15.0 Å². The van der Waals surface area contributed by atoms with Gasteiger partial charge in [0.05, 0.1) is 17.7 Å². The topological polar surface area (TPSA) is 102 Å². The molecule has 0 aromatic carbocycles. The summed E-state index contributed by atoms with van der Waals surface area (Å²) in [6.45, 7) is 24.9. The first-order valence-corrected chi connectivity index (χ1v) is 20.7. The van der Waals surface area contributed by atoms with Crippen LogP contribution in [0.4, 0.5) is 17.8 Å². The Kier molecular flexibility index (Phi) is 15.1. The third-order valence-electron chi connectivity index (χ3n) is 11.3. The van der Waals surface area contributed by atoms with E-state index in [9.17, 15) is 5.11 Å². The van der Waals surface area contributed by atoms with Crippen LogP contribution in [0.5, 0.6) is 0 Å². The van der Waals surface area contributed by atoms with E-state index < -0.39 is 0 Å². The molecule has 1 aromatic heterocycles. The van der Waals surface area contributed by atoms with Gasteiger partial charge in [0.15, 0.2) is 0 Å². The Labute approximate surface area is 314 Å². The molecule has 0 bridgehead atoms. The van der Waals surface area contributed by atoms with E-state index in [0.717, 1.165) is 107 Å². The van der Waals surface area contributed by atoms with Gasteiger partial charge in [-0.05, 0) is 65.2 Å². The first kappa shape index (κ1) is 40.3. The molecule has 0 amide bonds. The van der Waals surface area contributed by atoms with Crippen molar-refractivity contribution >= 4 is 17.8 Å². The molecule has 2 saturated heterocycles. The first-order chi connectivity index (χ1) is 25.1. The van der Waals surface area contributed by atoms with Crippen LogP contribution in [-0.4, -0.2) is 86.3 Å². The molecule has 52 heavy (non-hydrogen) atoms. The van der Waals surface area contributed by atoms with Crippen molar-refractivity contribution in [1.29, 1.82) is 0 Å². The number of hydrogen-bond donors (Lipinski definition) is 2. The zero-order valence-electron chi connectivity index (χ0n) is 33.1. The Bertz CT molecular complexity index is 1290. The lowest BCUT2D eigenvalue weighted by Crippen LogP contribution is -2.55. The van der Waals surface area contributed by atoms with E-state index in [0.29, 0.717) is 30.8 Å². The fourth-order valence-electron chi connectivity index (χ4n) is 8.48. The van der Waals surface area contributed by atoms with Crippen LogP contribution < -0.4 is 15.1 Å². The molecule has 1 atom stereocenters. The number of rotatable bonds is 18. The number of aliphatic hydroxyl groups excluding tert-OH is 1. The molecule has 2 aliphatic carbocycles. The fourth-order valence-corrected chi connectivity index (χ4v) is 8.48. The van der Waals surface area contributed by atoms with Gasteiger partial charge in [0.25, 0.3) is 0 Å². The van der Waals surface area contributed by atoms with Crippen molar-refractivity contribution in [3.05, 3.63) is 36.8 Å². The predicted octanol–water partition coefficient (Wildman–Crippen LogP) is 8.66. The van der Waals surface area contributed by atoms with Crippen LogP contribution in [0, 0.1) is 0 Å². The summed E-state index contributed by atoms with van der Waals surface area (Å²) in [5.74, 6) is 1.91. The molecule has 1 aromatic rings. The molecule has 4 aliphatic rings. The molecule has 292 valence electrons. The minimum atomic E-state index is -0.235. The average Bonchev–Trinajstić information content (AvgIpc) is 3.12. The van der Waals surface area contributed by atoms with Crippen molar-refractivity contribution in [3.8, 4) is 0 Å². The highest BCUT2D eigenvalue weighted by atomic mass is 16.7. The molecule has 4 fully saturated rings. The molecular formula is C41H70N8O3. The van der Waals surface area contributed by atoms with Crippen molar-refractivity contribution in [2.75, 3.05) is 41.4 Å². The van der Waals surface area contributed by atoms with Gasteiger partial charge in [-0.3, -0.25) is 14.7 Å². The molecule has 1 unspecified atom stereocenters. The average molecular weight is 723 g/mol. The second kappa shape index (κ2) is 19.4. The Balaban J connectivity index is 1.43. The molecule has 3 heterocycles. The zero-order chi connectivity index (χ0) is 37.1. The van der Waals surface area contributed by atoms with Crippen molar-refractivity contribution < 1.29 is 14.8 Å². The third-order valence-corrected chi connectivity index (χ3v) is 11.3. The molecule has 2 aliphatic heterocycles. The van der Waals surface area contributed by atoms with E-state index >= 15 is 0 Å². The smallest absolute Gasteiger partial charge is 0.232 e. The monoisotopic (exact) mass is 723 g/mol. The van der Waals surface area contributed by atoms with Gasteiger partial charge in [0.1, 0.15) is 0 Å². The maximum Gasteiger partial charge on any atom is 0.232 e. The number of hydrogen-bond acceptors (Lipinski definition) is 11. The largest absolute Gasteiger partial charge is 0.396 e. The number of hydroxylamine groups is 4. The van der Waals surface area contributed by atoms with E-state index in [4.69, 9.17) is 24.6 Å². The molecule has 11 nitrogen and oxygen atoms in total. The number of nitrogens with zero attached hydrogens (tertiary/aromatic N) is 7. The highest BCUT2D eigenvalue weighted by Crippen LogP contribution is 2.40. The van der Waals surface area contributed by atoms with Crippen LogP contribution in [0.15, 0.2) is 36.8 Å². The fraction of sp³-hybridized carbons (Fsp3) is 0.780. The molecule has 2 saturated carbocycles. The van der Waals surface area contributed by atoms with Crippen molar-refractivity contribution in [2.24, 2.45) is 0 Å².